The second-order valence-electron chi connectivity index (χ2n) is 2.73. The predicted octanol–water partition coefficient (Wildman–Crippen LogP) is 2.50. The Balaban J connectivity index is 0.000000980. The van der Waals surface area contributed by atoms with Gasteiger partial charge in [-0.05, 0) is 0 Å². The Hall–Kier alpha value is 0.190. The summed E-state index contributed by atoms with van der Waals surface area (Å²) >= 11 is -0.153. The topological polar surface area (TPSA) is 0 Å². The summed E-state index contributed by atoms with van der Waals surface area (Å²) in [4.78, 5) is 0. The third kappa shape index (κ3) is 5.17. The number of benzene rings is 2. The zero-order valence-electron chi connectivity index (χ0n) is 8.00. The molecule has 0 fully saturated rings. The molecule has 0 saturated heterocycles. The van der Waals surface area contributed by atoms with Crippen LogP contribution in [0, 0.1) is 0 Å². The van der Waals surface area contributed by atoms with Crippen LogP contribution in [0.2, 0.25) is 0 Å². The van der Waals surface area contributed by atoms with Crippen LogP contribution in [-0.2, 0) is 0 Å². The Morgan fingerprint density at radius 3 is 1.20 bits per heavy atom. The molecular weight excluding hydrogens is 432 g/mol. The molecule has 2 aromatic carbocycles. The molecule has 3 heteroatoms. The summed E-state index contributed by atoms with van der Waals surface area (Å²) in [6.07, 6.45) is 0. The summed E-state index contributed by atoms with van der Waals surface area (Å²) < 4.78 is 3.00. The first-order valence-corrected chi connectivity index (χ1v) is 6.56. The van der Waals surface area contributed by atoms with Gasteiger partial charge in [0, 0.05) is 0 Å². The Morgan fingerprint density at radius 1 is 0.533 bits per heavy atom. The van der Waals surface area contributed by atoms with Crippen LogP contribution in [0.25, 0.3) is 0 Å². The van der Waals surface area contributed by atoms with Gasteiger partial charge in [0.05, 0.1) is 0 Å². The van der Waals surface area contributed by atoms with Crippen LogP contribution in [0.5, 0.6) is 0 Å². The van der Waals surface area contributed by atoms with E-state index in [0.29, 0.717) is 0 Å². The van der Waals surface area contributed by atoms with E-state index < -0.39 is 0 Å². The molecule has 0 saturated carbocycles. The minimum atomic E-state index is -0.153. The van der Waals surface area contributed by atoms with Crippen molar-refractivity contribution in [2.24, 2.45) is 0 Å². The molecule has 0 bridgehead atoms. The molecule has 0 aliphatic heterocycles. The van der Waals surface area contributed by atoms with Gasteiger partial charge in [-0.15, -0.1) is 34.0 Å². The average Bonchev–Trinajstić information content (AvgIpc) is 2.21. The van der Waals surface area contributed by atoms with Crippen LogP contribution in [0.4, 0.5) is 0 Å². The van der Waals surface area contributed by atoms with Gasteiger partial charge in [0.15, 0.2) is 0 Å². The first-order valence-electron chi connectivity index (χ1n) is 4.23. The molecule has 0 amide bonds. The number of rotatable bonds is 2. The number of halogens is 2. The standard InChI is InChI=1S/C12H10Te.2BrH/c1-3-7-11(8-4-1)13-12-9-5-2-6-10-12;;/h1-10H;2*1H. The number of hydrogen-bond acceptors (Lipinski definition) is 0. The van der Waals surface area contributed by atoms with Crippen LogP contribution in [0.1, 0.15) is 0 Å². The molecule has 0 unspecified atom stereocenters. The summed E-state index contributed by atoms with van der Waals surface area (Å²) in [6, 6.07) is 21.5. The van der Waals surface area contributed by atoms with E-state index in [4.69, 9.17) is 0 Å². The van der Waals surface area contributed by atoms with E-state index in [1.165, 1.54) is 7.22 Å². The quantitative estimate of drug-likeness (QED) is 0.626. The monoisotopic (exact) mass is 444 g/mol. The van der Waals surface area contributed by atoms with Gasteiger partial charge in [0.1, 0.15) is 0 Å². The van der Waals surface area contributed by atoms with Crippen molar-refractivity contribution in [2.45, 2.75) is 0 Å². The van der Waals surface area contributed by atoms with Crippen molar-refractivity contribution in [3.63, 3.8) is 0 Å². The van der Waals surface area contributed by atoms with Crippen LogP contribution in [-0.4, -0.2) is 20.9 Å². The normalized spacial score (nSPS) is 8.53. The van der Waals surface area contributed by atoms with Crippen molar-refractivity contribution in [2.75, 3.05) is 0 Å². The van der Waals surface area contributed by atoms with Crippen molar-refractivity contribution in [1.82, 2.24) is 0 Å². The summed E-state index contributed by atoms with van der Waals surface area (Å²) in [5.74, 6) is 0. The maximum absolute atomic E-state index is 2.22. The zero-order valence-corrected chi connectivity index (χ0v) is 13.8. The Labute approximate surface area is 122 Å². The van der Waals surface area contributed by atoms with Gasteiger partial charge in [-0.1, -0.05) is 0 Å². The average molecular weight is 444 g/mol. The van der Waals surface area contributed by atoms with Gasteiger partial charge in [0.25, 0.3) is 0 Å². The van der Waals surface area contributed by atoms with Crippen molar-refractivity contribution in [1.29, 1.82) is 0 Å². The Morgan fingerprint density at radius 2 is 0.867 bits per heavy atom. The van der Waals surface area contributed by atoms with E-state index in [1.54, 1.807) is 0 Å². The third-order valence-corrected chi connectivity index (χ3v) is 4.62. The van der Waals surface area contributed by atoms with E-state index in [1.807, 2.05) is 0 Å². The van der Waals surface area contributed by atoms with E-state index in [2.05, 4.69) is 60.7 Å². The maximum atomic E-state index is 2.22. The van der Waals surface area contributed by atoms with E-state index in [9.17, 15) is 0 Å². The molecule has 0 N–H and O–H groups in total. The van der Waals surface area contributed by atoms with Crippen molar-refractivity contribution in [3.05, 3.63) is 60.7 Å². The second kappa shape index (κ2) is 8.35. The molecule has 0 aliphatic carbocycles. The molecule has 0 atom stereocenters. The molecular formula is C12H12Br2Te. The molecule has 0 aliphatic rings. The van der Waals surface area contributed by atoms with Gasteiger partial charge >= 0.3 is 88.8 Å². The molecule has 2 rings (SSSR count). The SMILES string of the molecule is Br.Br.c1ccc([Te]c2ccccc2)cc1. The molecule has 0 aromatic heterocycles. The third-order valence-electron chi connectivity index (χ3n) is 1.72. The Bertz CT molecular complexity index is 324. The van der Waals surface area contributed by atoms with Gasteiger partial charge in [-0.3, -0.25) is 0 Å². The minimum absolute atomic E-state index is 0. The van der Waals surface area contributed by atoms with E-state index >= 15 is 0 Å². The van der Waals surface area contributed by atoms with Crippen LogP contribution < -0.4 is 7.22 Å². The molecule has 2 aromatic rings. The van der Waals surface area contributed by atoms with E-state index in [0.717, 1.165) is 0 Å². The zero-order chi connectivity index (χ0) is 8.93. The Kier molecular flexibility index (Phi) is 8.46. The van der Waals surface area contributed by atoms with Gasteiger partial charge in [0.2, 0.25) is 0 Å². The number of hydrogen-bond donors (Lipinski definition) is 0. The van der Waals surface area contributed by atoms with Crippen molar-refractivity contribution >= 4 is 62.1 Å². The fraction of sp³-hybridized carbons (Fsp3) is 0. The predicted molar refractivity (Wildman–Crippen MR) is 78.6 cm³/mol. The van der Waals surface area contributed by atoms with Crippen molar-refractivity contribution < 1.29 is 0 Å². The first kappa shape index (κ1) is 15.2. The fourth-order valence-corrected chi connectivity index (χ4v) is 3.56. The summed E-state index contributed by atoms with van der Waals surface area (Å²) in [5.41, 5.74) is 0. The molecule has 15 heavy (non-hydrogen) atoms. The summed E-state index contributed by atoms with van der Waals surface area (Å²) in [7, 11) is 0. The molecule has 0 spiro atoms. The van der Waals surface area contributed by atoms with Crippen LogP contribution >= 0.6 is 34.0 Å². The summed E-state index contributed by atoms with van der Waals surface area (Å²) in [6.45, 7) is 0. The summed E-state index contributed by atoms with van der Waals surface area (Å²) in [5, 5.41) is 0. The molecule has 0 radical (unpaired) electrons. The second-order valence-corrected chi connectivity index (χ2v) is 6.00. The van der Waals surface area contributed by atoms with Gasteiger partial charge in [-0.2, -0.15) is 0 Å². The molecule has 0 nitrogen and oxygen atoms in total. The van der Waals surface area contributed by atoms with E-state index in [-0.39, 0.29) is 54.9 Å². The fourth-order valence-electron chi connectivity index (χ4n) is 1.11. The first-order chi connectivity index (χ1) is 6.45. The van der Waals surface area contributed by atoms with Gasteiger partial charge < -0.3 is 0 Å². The van der Waals surface area contributed by atoms with Gasteiger partial charge in [-0.25, -0.2) is 0 Å². The van der Waals surface area contributed by atoms with Crippen LogP contribution in [0.3, 0.4) is 0 Å². The molecule has 80 valence electrons. The van der Waals surface area contributed by atoms with Crippen LogP contribution in [0.15, 0.2) is 60.7 Å². The van der Waals surface area contributed by atoms with Crippen molar-refractivity contribution in [3.8, 4) is 0 Å². The molecule has 0 heterocycles.